The van der Waals surface area contributed by atoms with E-state index in [2.05, 4.69) is 4.90 Å². The molecule has 2 aromatic rings. The summed E-state index contributed by atoms with van der Waals surface area (Å²) in [6.07, 6.45) is 0. The highest BCUT2D eigenvalue weighted by atomic mass is 16.5. The number of carbonyl (C=O) groups excluding carboxylic acids is 6. The Morgan fingerprint density at radius 3 is 1.25 bits per heavy atom. The van der Waals surface area contributed by atoms with Crippen LogP contribution in [0.1, 0.15) is 11.1 Å². The van der Waals surface area contributed by atoms with Crippen LogP contribution in [0.4, 0.5) is 0 Å². The predicted octanol–water partition coefficient (Wildman–Crippen LogP) is 0.619. The van der Waals surface area contributed by atoms with Crippen LogP contribution >= 0.6 is 0 Å². The number of esters is 3. The van der Waals surface area contributed by atoms with E-state index in [0.717, 1.165) is 11.1 Å². The third kappa shape index (κ3) is 18.4. The fourth-order valence-corrected chi connectivity index (χ4v) is 6.13. The SMILES string of the molecule is COC(=O)CN(CCOC=O)CC(CN(CCOC=O)CCOC=O)(CN(CC(=O)OC)CC(=O)OC)CN(Cc1ccccc1)Cc1ccccc1. The molecule has 292 valence electrons. The van der Waals surface area contributed by atoms with Crippen molar-refractivity contribution in [2.45, 2.75) is 13.1 Å². The first-order valence-electron chi connectivity index (χ1n) is 17.0. The van der Waals surface area contributed by atoms with Gasteiger partial charge in [0.05, 0.1) is 41.0 Å². The maximum Gasteiger partial charge on any atom is 0.319 e. The normalized spacial score (nSPS) is 12.2. The van der Waals surface area contributed by atoms with Crippen molar-refractivity contribution in [1.29, 1.82) is 0 Å². The Kier molecular flexibility index (Phi) is 21.7. The fraction of sp³-hybridized carbons (Fsp3) is 0.514. The van der Waals surface area contributed by atoms with E-state index < -0.39 is 23.3 Å². The summed E-state index contributed by atoms with van der Waals surface area (Å²) in [6.45, 7) is 2.70. The van der Waals surface area contributed by atoms with Crippen LogP contribution < -0.4 is 0 Å². The number of hydrogen-bond acceptors (Lipinski definition) is 16. The predicted molar refractivity (Wildman–Crippen MR) is 191 cm³/mol. The molecule has 0 bridgehead atoms. The van der Waals surface area contributed by atoms with E-state index in [1.807, 2.05) is 65.6 Å². The van der Waals surface area contributed by atoms with E-state index in [-0.39, 0.29) is 78.7 Å². The highest BCUT2D eigenvalue weighted by Crippen LogP contribution is 2.28. The van der Waals surface area contributed by atoms with Crippen molar-refractivity contribution in [3.05, 3.63) is 71.8 Å². The molecular formula is C37H52N4O12. The van der Waals surface area contributed by atoms with Gasteiger partial charge in [-0.05, 0) is 11.1 Å². The Hall–Kier alpha value is -4.90. The van der Waals surface area contributed by atoms with Crippen LogP contribution in [-0.4, -0.2) is 164 Å². The lowest BCUT2D eigenvalue weighted by molar-refractivity contribution is -0.146. The topological polar surface area (TPSA) is 171 Å². The largest absolute Gasteiger partial charge is 0.468 e. The molecule has 0 saturated heterocycles. The maximum absolute atomic E-state index is 12.8. The second-order valence-corrected chi connectivity index (χ2v) is 12.4. The van der Waals surface area contributed by atoms with Crippen LogP contribution in [0.5, 0.6) is 0 Å². The van der Waals surface area contributed by atoms with Gasteiger partial charge < -0.3 is 28.4 Å². The minimum Gasteiger partial charge on any atom is -0.468 e. The van der Waals surface area contributed by atoms with E-state index in [1.54, 1.807) is 9.80 Å². The zero-order chi connectivity index (χ0) is 38.7. The number of rotatable bonds is 30. The molecule has 0 spiro atoms. The molecule has 53 heavy (non-hydrogen) atoms. The van der Waals surface area contributed by atoms with Crippen molar-refractivity contribution < 1.29 is 57.2 Å². The highest BCUT2D eigenvalue weighted by Gasteiger charge is 2.40. The summed E-state index contributed by atoms with van der Waals surface area (Å²) in [5, 5.41) is 0. The lowest BCUT2D eigenvalue weighted by Crippen LogP contribution is -2.59. The van der Waals surface area contributed by atoms with E-state index in [9.17, 15) is 28.8 Å². The smallest absolute Gasteiger partial charge is 0.319 e. The van der Waals surface area contributed by atoms with Crippen molar-refractivity contribution in [2.75, 3.05) is 107 Å². The van der Waals surface area contributed by atoms with Crippen LogP contribution in [0.2, 0.25) is 0 Å². The summed E-state index contributed by atoms with van der Waals surface area (Å²) >= 11 is 0. The summed E-state index contributed by atoms with van der Waals surface area (Å²) < 4.78 is 30.2. The van der Waals surface area contributed by atoms with Gasteiger partial charge in [-0.1, -0.05) is 60.7 Å². The number of ether oxygens (including phenoxy) is 6. The minimum absolute atomic E-state index is 0.0193. The molecule has 0 aromatic heterocycles. The van der Waals surface area contributed by atoms with Crippen LogP contribution in [0.15, 0.2) is 60.7 Å². The number of carbonyl (C=O) groups is 6. The van der Waals surface area contributed by atoms with Gasteiger partial charge in [0.15, 0.2) is 0 Å². The average molecular weight is 745 g/mol. The highest BCUT2D eigenvalue weighted by molar-refractivity contribution is 5.75. The summed E-state index contributed by atoms with van der Waals surface area (Å²) in [5.74, 6) is -1.71. The monoisotopic (exact) mass is 744 g/mol. The molecule has 0 aliphatic carbocycles. The zero-order valence-corrected chi connectivity index (χ0v) is 30.8. The van der Waals surface area contributed by atoms with Crippen LogP contribution in [0.25, 0.3) is 0 Å². The summed E-state index contributed by atoms with van der Waals surface area (Å²) in [7, 11) is 3.77. The third-order valence-electron chi connectivity index (χ3n) is 8.26. The molecule has 0 heterocycles. The number of hydrogen-bond donors (Lipinski definition) is 0. The summed E-state index contributed by atoms with van der Waals surface area (Å²) in [6, 6.07) is 19.7. The first-order chi connectivity index (χ1) is 25.7. The van der Waals surface area contributed by atoms with Gasteiger partial charge in [-0.25, -0.2) is 0 Å². The zero-order valence-electron chi connectivity index (χ0n) is 30.8. The maximum atomic E-state index is 12.8. The minimum atomic E-state index is -0.955. The molecule has 0 aliphatic heterocycles. The first-order valence-corrected chi connectivity index (χ1v) is 17.0. The molecule has 0 saturated carbocycles. The molecule has 1 unspecified atom stereocenters. The van der Waals surface area contributed by atoms with Crippen LogP contribution in [-0.2, 0) is 70.3 Å². The molecule has 0 aliphatic rings. The van der Waals surface area contributed by atoms with Crippen molar-refractivity contribution in [1.82, 2.24) is 19.6 Å². The van der Waals surface area contributed by atoms with Crippen molar-refractivity contribution in [3.63, 3.8) is 0 Å². The first kappa shape index (κ1) is 44.3. The molecule has 2 rings (SSSR count). The molecule has 16 nitrogen and oxygen atoms in total. The van der Waals surface area contributed by atoms with Crippen molar-refractivity contribution in [2.24, 2.45) is 5.41 Å². The molecule has 0 radical (unpaired) electrons. The molecule has 2 aromatic carbocycles. The van der Waals surface area contributed by atoms with Crippen molar-refractivity contribution in [3.8, 4) is 0 Å². The molecule has 0 N–H and O–H groups in total. The summed E-state index contributed by atoms with van der Waals surface area (Å²) in [4.78, 5) is 79.3. The second kappa shape index (κ2) is 26.0. The quantitative estimate of drug-likeness (QED) is 0.0472. The Bertz CT molecular complexity index is 1300. The molecule has 16 heteroatoms. The van der Waals surface area contributed by atoms with Gasteiger partial charge in [-0.15, -0.1) is 0 Å². The lowest BCUT2D eigenvalue weighted by Gasteiger charge is -2.46. The van der Waals surface area contributed by atoms with Crippen molar-refractivity contribution >= 4 is 37.3 Å². The molecule has 1 atom stereocenters. The van der Waals surface area contributed by atoms with Crippen LogP contribution in [0.3, 0.4) is 0 Å². The molecular weight excluding hydrogens is 692 g/mol. The summed E-state index contributed by atoms with van der Waals surface area (Å²) in [5.41, 5.74) is 1.10. The fourth-order valence-electron chi connectivity index (χ4n) is 6.13. The molecule has 0 amide bonds. The van der Waals surface area contributed by atoms with Crippen LogP contribution in [0, 0.1) is 5.41 Å². The standard InChI is InChI=1S/C37H52N4O12/c1-48-34(45)22-39(16-19-53-31-44)26-37(25-38(14-17-51-29-42)15-18-52-30-43,28-41(23-35(46)49-2)24-36(47)50-3)27-40(20-32-10-6-4-7-11-32)21-33-12-8-5-9-13-33/h4-13,29-31H,14-28H2,1-3H3. The van der Waals surface area contributed by atoms with Gasteiger partial charge in [0.1, 0.15) is 19.8 Å². The van der Waals surface area contributed by atoms with E-state index in [1.165, 1.54) is 21.3 Å². The molecule has 0 fully saturated rings. The van der Waals surface area contributed by atoms with E-state index in [0.29, 0.717) is 39.1 Å². The van der Waals surface area contributed by atoms with E-state index in [4.69, 9.17) is 28.4 Å². The number of benzene rings is 2. The van der Waals surface area contributed by atoms with Gasteiger partial charge in [0.2, 0.25) is 0 Å². The van der Waals surface area contributed by atoms with Gasteiger partial charge >= 0.3 is 17.9 Å². The van der Waals surface area contributed by atoms with Gasteiger partial charge in [-0.2, -0.15) is 0 Å². The Morgan fingerprint density at radius 2 is 0.849 bits per heavy atom. The number of methoxy groups -OCH3 is 3. The third-order valence-corrected chi connectivity index (χ3v) is 8.26. The average Bonchev–Trinajstić information content (AvgIpc) is 3.15. The van der Waals surface area contributed by atoms with E-state index >= 15 is 0 Å². The number of nitrogens with zero attached hydrogens (tertiary/aromatic N) is 4. The van der Waals surface area contributed by atoms with Gasteiger partial charge in [0.25, 0.3) is 19.4 Å². The Labute approximate surface area is 310 Å². The Balaban J connectivity index is 2.84. The van der Waals surface area contributed by atoms with Gasteiger partial charge in [0, 0.05) is 64.3 Å². The Morgan fingerprint density at radius 1 is 0.509 bits per heavy atom. The lowest BCUT2D eigenvalue weighted by atomic mass is 9.83. The second-order valence-electron chi connectivity index (χ2n) is 12.4. The van der Waals surface area contributed by atoms with Gasteiger partial charge in [-0.3, -0.25) is 48.4 Å².